The quantitative estimate of drug-likeness (QED) is 0.400. The van der Waals surface area contributed by atoms with Gasteiger partial charge in [0.1, 0.15) is 11.6 Å². The van der Waals surface area contributed by atoms with Crippen molar-refractivity contribution in [1.82, 2.24) is 19.6 Å². The second-order valence-electron chi connectivity index (χ2n) is 13.6. The number of ether oxygens (including phenoxy) is 2. The molecule has 1 N–H and O–H groups in total. The Balaban J connectivity index is 1.40. The van der Waals surface area contributed by atoms with Crippen molar-refractivity contribution in [3.05, 3.63) is 60.2 Å². The van der Waals surface area contributed by atoms with Gasteiger partial charge in [-0.3, -0.25) is 19.3 Å². The number of aliphatic hydroxyl groups excluding tert-OH is 1. The summed E-state index contributed by atoms with van der Waals surface area (Å²) in [6.45, 7) is 11.2. The molecule has 0 saturated carbocycles. The van der Waals surface area contributed by atoms with Crippen LogP contribution in [0.1, 0.15) is 39.2 Å². The fraction of sp³-hybridized carbons (Fsp3) is 0.629. The summed E-state index contributed by atoms with van der Waals surface area (Å²) in [6, 6.07) is 8.30. The van der Waals surface area contributed by atoms with Gasteiger partial charge in [0.15, 0.2) is 0 Å². The molecule has 5 aliphatic heterocycles. The summed E-state index contributed by atoms with van der Waals surface area (Å²) in [4.78, 5) is 51.7. The number of carbonyl (C=O) groups excluding carboxylic acids is 3. The maximum absolute atomic E-state index is 14.8. The van der Waals surface area contributed by atoms with Gasteiger partial charge in [-0.25, -0.2) is 0 Å². The molecule has 6 rings (SSSR count). The number of aliphatic hydroxyl groups is 1. The van der Waals surface area contributed by atoms with Crippen LogP contribution in [0.2, 0.25) is 0 Å². The van der Waals surface area contributed by atoms with Gasteiger partial charge in [-0.15, -0.1) is 0 Å². The molecule has 3 fully saturated rings. The van der Waals surface area contributed by atoms with Crippen LogP contribution in [0.15, 0.2) is 54.6 Å². The lowest BCUT2D eigenvalue weighted by Crippen LogP contribution is -2.59. The van der Waals surface area contributed by atoms with Gasteiger partial charge in [0.25, 0.3) is 0 Å². The first-order valence-electron chi connectivity index (χ1n) is 16.6. The molecule has 3 saturated heterocycles. The van der Waals surface area contributed by atoms with Crippen LogP contribution in [0.4, 0.5) is 0 Å². The number of amides is 3. The summed E-state index contributed by atoms with van der Waals surface area (Å²) in [6.07, 6.45) is 8.82. The van der Waals surface area contributed by atoms with Crippen LogP contribution >= 0.6 is 0 Å². The van der Waals surface area contributed by atoms with Crippen LogP contribution in [-0.2, 0) is 30.4 Å². The molecule has 1 unspecified atom stereocenters. The minimum atomic E-state index is -1.33. The molecule has 1 aromatic rings. The van der Waals surface area contributed by atoms with Crippen LogP contribution in [0.3, 0.4) is 0 Å². The average Bonchev–Trinajstić information content (AvgIpc) is 3.35. The third-order valence-corrected chi connectivity index (χ3v) is 10.4. The van der Waals surface area contributed by atoms with Gasteiger partial charge in [-0.2, -0.15) is 0 Å². The van der Waals surface area contributed by atoms with Crippen LogP contribution in [0.25, 0.3) is 0 Å². The summed E-state index contributed by atoms with van der Waals surface area (Å²) in [7, 11) is 0. The number of benzene rings is 1. The Morgan fingerprint density at radius 3 is 2.31 bits per heavy atom. The van der Waals surface area contributed by atoms with E-state index in [-0.39, 0.29) is 30.2 Å². The lowest BCUT2D eigenvalue weighted by Gasteiger charge is -2.41. The maximum atomic E-state index is 14.8. The number of fused-ring (bicyclic) bond motifs is 2. The van der Waals surface area contributed by atoms with E-state index in [1.807, 2.05) is 80.3 Å². The molecule has 0 bridgehead atoms. The first kappa shape index (κ1) is 31.9. The molecule has 1 spiro atoms. The molecule has 1 aromatic carbocycles. The van der Waals surface area contributed by atoms with Gasteiger partial charge in [0, 0.05) is 45.8 Å². The number of morpholine rings is 1. The third kappa shape index (κ3) is 5.64. The van der Waals surface area contributed by atoms with Gasteiger partial charge in [-0.1, -0.05) is 75.4 Å². The third-order valence-electron chi connectivity index (χ3n) is 10.4. The normalized spacial score (nSPS) is 32.5. The Morgan fingerprint density at radius 1 is 0.911 bits per heavy atom. The minimum absolute atomic E-state index is 0.139. The Kier molecular flexibility index (Phi) is 9.21. The highest BCUT2D eigenvalue weighted by atomic mass is 16.5. The molecular weight excluding hydrogens is 572 g/mol. The van der Waals surface area contributed by atoms with E-state index in [2.05, 4.69) is 4.90 Å². The summed E-state index contributed by atoms with van der Waals surface area (Å²) in [5.41, 5.74) is -1.36. The summed E-state index contributed by atoms with van der Waals surface area (Å²) in [5, 5.41) is 10.7. The van der Waals surface area contributed by atoms with E-state index in [9.17, 15) is 19.5 Å². The molecule has 10 nitrogen and oxygen atoms in total. The molecule has 5 heterocycles. The van der Waals surface area contributed by atoms with Gasteiger partial charge in [0.05, 0.1) is 43.3 Å². The van der Waals surface area contributed by atoms with Crippen molar-refractivity contribution in [1.29, 1.82) is 0 Å². The second-order valence-corrected chi connectivity index (χ2v) is 13.6. The Hall–Kier alpha value is -3.05. The Morgan fingerprint density at radius 2 is 1.62 bits per heavy atom. The van der Waals surface area contributed by atoms with E-state index in [0.717, 1.165) is 18.7 Å². The monoisotopic (exact) mass is 620 g/mol. The van der Waals surface area contributed by atoms with Gasteiger partial charge < -0.3 is 29.3 Å². The van der Waals surface area contributed by atoms with E-state index in [0.29, 0.717) is 58.8 Å². The Bertz CT molecular complexity index is 1310. The van der Waals surface area contributed by atoms with Crippen LogP contribution in [0, 0.1) is 17.8 Å². The summed E-state index contributed by atoms with van der Waals surface area (Å²) >= 11 is 0. The van der Waals surface area contributed by atoms with E-state index >= 15 is 0 Å². The Labute approximate surface area is 266 Å². The molecule has 0 aromatic heterocycles. The first-order valence-corrected chi connectivity index (χ1v) is 16.6. The topological polar surface area (TPSA) is 103 Å². The summed E-state index contributed by atoms with van der Waals surface area (Å²) < 4.78 is 12.6. The molecular formula is C35H48N4O6. The van der Waals surface area contributed by atoms with E-state index in [4.69, 9.17) is 9.47 Å². The molecule has 3 amide bonds. The lowest BCUT2D eigenvalue weighted by molar-refractivity contribution is -0.157. The fourth-order valence-corrected chi connectivity index (χ4v) is 8.24. The maximum Gasteiger partial charge on any atom is 0.249 e. The number of likely N-dealkylation sites (tertiary alicyclic amines) is 1. The highest BCUT2D eigenvalue weighted by molar-refractivity contribution is 6.00. The smallest absolute Gasteiger partial charge is 0.249 e. The first-order chi connectivity index (χ1) is 21.7. The fourth-order valence-electron chi connectivity index (χ4n) is 8.24. The molecule has 0 radical (unpaired) electrons. The van der Waals surface area contributed by atoms with Crippen molar-refractivity contribution in [3.8, 4) is 0 Å². The van der Waals surface area contributed by atoms with Gasteiger partial charge in [-0.05, 0) is 24.3 Å². The van der Waals surface area contributed by atoms with E-state index in [1.165, 1.54) is 0 Å². The number of hydrogen-bond donors (Lipinski definition) is 1. The molecule has 244 valence electrons. The van der Waals surface area contributed by atoms with Crippen molar-refractivity contribution < 1.29 is 29.0 Å². The van der Waals surface area contributed by atoms with E-state index < -0.39 is 35.1 Å². The highest BCUT2D eigenvalue weighted by Crippen LogP contribution is 2.59. The largest absolute Gasteiger partial charge is 0.394 e. The van der Waals surface area contributed by atoms with Gasteiger partial charge in [0.2, 0.25) is 17.7 Å². The van der Waals surface area contributed by atoms with Crippen molar-refractivity contribution in [3.63, 3.8) is 0 Å². The van der Waals surface area contributed by atoms with Crippen LogP contribution in [0.5, 0.6) is 0 Å². The number of nitrogens with zero attached hydrogens (tertiary/aromatic N) is 4. The standard InChI is InChI=1S/C35H48N4O6/c1-4-34-12-8-15-38(23-26-10-6-5-7-11-26)31(41)28(34)29-32(42)39(27(24-40)22-25(2)3)30-33(43)37(14-9-13-35(29,30)45-34)17-16-36-18-20-44-21-19-36/h5-13,25,27-30,40H,4,14-24H2,1-3H3/t27-,28+,29+,30?,34-,35+/m1/s1. The number of hydrogen-bond acceptors (Lipinski definition) is 7. The molecule has 45 heavy (non-hydrogen) atoms. The zero-order valence-electron chi connectivity index (χ0n) is 26.8. The van der Waals surface area contributed by atoms with Crippen molar-refractivity contribution in [2.45, 2.75) is 63.4 Å². The lowest BCUT2D eigenvalue weighted by atomic mass is 9.73. The zero-order chi connectivity index (χ0) is 31.8. The van der Waals surface area contributed by atoms with Crippen molar-refractivity contribution in [2.75, 3.05) is 59.1 Å². The molecule has 5 aliphatic rings. The highest BCUT2D eigenvalue weighted by Gasteiger charge is 2.75. The predicted molar refractivity (Wildman–Crippen MR) is 169 cm³/mol. The SMILES string of the molecule is CC[C@@]12C=CCN(Cc3ccccc3)C(=O)[C@@H]1[C@H]1C(=O)N([C@@H](CO)CC(C)C)C3C(=O)N(CCN4CCOCC4)CC=C[C@@]31O2. The van der Waals surface area contributed by atoms with Crippen molar-refractivity contribution >= 4 is 17.7 Å². The molecule has 10 heteroatoms. The molecule has 0 aliphatic carbocycles. The van der Waals surface area contributed by atoms with Crippen LogP contribution < -0.4 is 0 Å². The average molecular weight is 621 g/mol. The van der Waals surface area contributed by atoms with Crippen LogP contribution in [-0.4, -0.2) is 125 Å². The molecule has 6 atom stereocenters. The zero-order valence-corrected chi connectivity index (χ0v) is 26.8. The van der Waals surface area contributed by atoms with Crippen molar-refractivity contribution in [2.24, 2.45) is 17.8 Å². The van der Waals surface area contributed by atoms with Gasteiger partial charge >= 0.3 is 0 Å². The number of carbonyl (C=O) groups is 3. The predicted octanol–water partition coefficient (Wildman–Crippen LogP) is 2.08. The minimum Gasteiger partial charge on any atom is -0.394 e. The van der Waals surface area contributed by atoms with E-state index in [1.54, 1.807) is 9.80 Å². The number of rotatable bonds is 10. The summed E-state index contributed by atoms with van der Waals surface area (Å²) in [5.74, 6) is -2.12. The second kappa shape index (κ2) is 13.0.